The highest BCUT2D eigenvalue weighted by Crippen LogP contribution is 2.28. The fourth-order valence-electron chi connectivity index (χ4n) is 1.82. The monoisotopic (exact) mass is 263 g/mol. The Hall–Kier alpha value is -1.74. The fourth-order valence-corrected chi connectivity index (χ4v) is 1.98. The zero-order valence-corrected chi connectivity index (χ0v) is 10.8. The van der Waals surface area contributed by atoms with Crippen LogP contribution in [0.5, 0.6) is 0 Å². The number of carbonyl (C=O) groups excluding carboxylic acids is 1. The maximum absolute atomic E-state index is 13.3. The summed E-state index contributed by atoms with van der Waals surface area (Å²) in [5.74, 6) is -0.474. The van der Waals surface area contributed by atoms with E-state index >= 15 is 0 Å². The van der Waals surface area contributed by atoms with Crippen molar-refractivity contribution >= 4 is 17.4 Å². The van der Waals surface area contributed by atoms with Gasteiger partial charge in [-0.05, 0) is 43.2 Å². The predicted molar refractivity (Wildman–Crippen MR) is 69.4 cm³/mol. The second-order valence-corrected chi connectivity index (χ2v) is 4.46. The number of Topliss-reactive ketones (excluding diaryl/α,β-unsaturated/α-hetero) is 1. The van der Waals surface area contributed by atoms with Crippen LogP contribution in [0.3, 0.4) is 0 Å². The van der Waals surface area contributed by atoms with Crippen LogP contribution >= 0.6 is 11.6 Å². The zero-order valence-electron chi connectivity index (χ0n) is 10.00. The molecule has 0 spiro atoms. The molecule has 0 unspecified atom stereocenters. The first-order valence-electron chi connectivity index (χ1n) is 5.42. The minimum Gasteiger partial charge on any atom is -0.294 e. The van der Waals surface area contributed by atoms with Gasteiger partial charge in [-0.3, -0.25) is 4.79 Å². The molecule has 0 saturated carbocycles. The Labute approximate surface area is 109 Å². The van der Waals surface area contributed by atoms with Gasteiger partial charge in [-0.2, -0.15) is 0 Å². The summed E-state index contributed by atoms with van der Waals surface area (Å²) in [6, 6.07) is 5.95. The SMILES string of the molecule is CC(=O)c1cc(Cl)ncc1-c1cc(F)ccc1C. The van der Waals surface area contributed by atoms with Crippen molar-refractivity contribution in [1.82, 2.24) is 4.98 Å². The number of aromatic nitrogens is 1. The minimum absolute atomic E-state index is 0.127. The number of nitrogens with zero attached hydrogens (tertiary/aromatic N) is 1. The van der Waals surface area contributed by atoms with Crippen LogP contribution in [0.25, 0.3) is 11.1 Å². The molecule has 0 bridgehead atoms. The molecule has 0 saturated heterocycles. The number of aryl methyl sites for hydroxylation is 1. The molecule has 0 fully saturated rings. The second-order valence-electron chi connectivity index (χ2n) is 4.07. The normalized spacial score (nSPS) is 10.4. The first-order chi connectivity index (χ1) is 8.49. The topological polar surface area (TPSA) is 30.0 Å². The Morgan fingerprint density at radius 3 is 2.67 bits per heavy atom. The Kier molecular flexibility index (Phi) is 3.43. The van der Waals surface area contributed by atoms with E-state index in [9.17, 15) is 9.18 Å². The van der Waals surface area contributed by atoms with Crippen molar-refractivity contribution in [2.75, 3.05) is 0 Å². The summed E-state index contributed by atoms with van der Waals surface area (Å²) in [7, 11) is 0. The zero-order chi connectivity index (χ0) is 13.3. The van der Waals surface area contributed by atoms with E-state index in [4.69, 9.17) is 11.6 Å². The molecule has 2 rings (SSSR count). The molecular weight excluding hydrogens is 253 g/mol. The van der Waals surface area contributed by atoms with Crippen molar-refractivity contribution in [2.24, 2.45) is 0 Å². The molecule has 1 aromatic heterocycles. The van der Waals surface area contributed by atoms with E-state index in [0.29, 0.717) is 16.7 Å². The number of ketones is 1. The molecule has 0 atom stereocenters. The van der Waals surface area contributed by atoms with Gasteiger partial charge in [0.15, 0.2) is 5.78 Å². The molecule has 2 nitrogen and oxygen atoms in total. The summed E-state index contributed by atoms with van der Waals surface area (Å²) in [6.07, 6.45) is 1.50. The van der Waals surface area contributed by atoms with Crippen molar-refractivity contribution in [3.63, 3.8) is 0 Å². The molecule has 92 valence electrons. The molecule has 18 heavy (non-hydrogen) atoms. The highest BCUT2D eigenvalue weighted by atomic mass is 35.5. The molecule has 0 N–H and O–H groups in total. The van der Waals surface area contributed by atoms with Crippen molar-refractivity contribution in [3.05, 3.63) is 52.6 Å². The Morgan fingerprint density at radius 1 is 1.28 bits per heavy atom. The highest BCUT2D eigenvalue weighted by Gasteiger charge is 2.13. The lowest BCUT2D eigenvalue weighted by Gasteiger charge is -2.10. The molecule has 0 amide bonds. The van der Waals surface area contributed by atoms with Crippen molar-refractivity contribution < 1.29 is 9.18 Å². The average Bonchev–Trinajstić information content (AvgIpc) is 2.32. The fraction of sp³-hybridized carbons (Fsp3) is 0.143. The molecule has 1 aromatic carbocycles. The molecule has 0 aliphatic heterocycles. The number of rotatable bonds is 2. The minimum atomic E-state index is -0.347. The third kappa shape index (κ3) is 2.41. The lowest BCUT2D eigenvalue weighted by atomic mass is 9.96. The van der Waals surface area contributed by atoms with Crippen molar-refractivity contribution in [1.29, 1.82) is 0 Å². The Balaban J connectivity index is 2.70. The summed E-state index contributed by atoms with van der Waals surface area (Å²) in [5, 5.41) is 0.248. The first kappa shape index (κ1) is 12.7. The van der Waals surface area contributed by atoms with Gasteiger partial charge in [-0.25, -0.2) is 9.37 Å². The number of hydrogen-bond acceptors (Lipinski definition) is 2. The standard InChI is InChI=1S/C14H11ClFNO/c1-8-3-4-10(16)5-11(8)13-7-17-14(15)6-12(13)9(2)18/h3-7H,1-2H3. The van der Waals surface area contributed by atoms with Crippen LogP contribution in [0.1, 0.15) is 22.8 Å². The smallest absolute Gasteiger partial charge is 0.160 e. The number of benzene rings is 1. The van der Waals surface area contributed by atoms with Gasteiger partial charge < -0.3 is 0 Å². The second kappa shape index (κ2) is 4.86. The van der Waals surface area contributed by atoms with E-state index in [0.717, 1.165) is 5.56 Å². The van der Waals surface area contributed by atoms with E-state index in [1.807, 2.05) is 6.92 Å². The van der Waals surface area contributed by atoms with Crippen LogP contribution in [-0.2, 0) is 0 Å². The van der Waals surface area contributed by atoms with Gasteiger partial charge in [0.1, 0.15) is 11.0 Å². The summed E-state index contributed by atoms with van der Waals surface area (Å²) in [5.41, 5.74) is 2.58. The Bertz CT molecular complexity index is 625. The highest BCUT2D eigenvalue weighted by molar-refractivity contribution is 6.30. The van der Waals surface area contributed by atoms with Crippen LogP contribution in [0.2, 0.25) is 5.15 Å². The lowest BCUT2D eigenvalue weighted by Crippen LogP contribution is -1.99. The quantitative estimate of drug-likeness (QED) is 0.604. The van der Waals surface area contributed by atoms with Crippen LogP contribution in [0.4, 0.5) is 4.39 Å². The van der Waals surface area contributed by atoms with Gasteiger partial charge in [-0.1, -0.05) is 17.7 Å². The van der Waals surface area contributed by atoms with Crippen LogP contribution < -0.4 is 0 Å². The van der Waals surface area contributed by atoms with E-state index < -0.39 is 0 Å². The number of pyridine rings is 1. The number of carbonyl (C=O) groups is 1. The molecule has 0 radical (unpaired) electrons. The van der Waals surface area contributed by atoms with E-state index in [1.165, 1.54) is 31.3 Å². The maximum Gasteiger partial charge on any atom is 0.160 e. The lowest BCUT2D eigenvalue weighted by molar-refractivity contribution is 0.101. The van der Waals surface area contributed by atoms with E-state index in [1.54, 1.807) is 6.07 Å². The first-order valence-corrected chi connectivity index (χ1v) is 5.80. The van der Waals surface area contributed by atoms with E-state index in [2.05, 4.69) is 4.98 Å². The average molecular weight is 264 g/mol. The molecule has 1 heterocycles. The molecule has 2 aromatic rings. The molecule has 4 heteroatoms. The van der Waals surface area contributed by atoms with Gasteiger partial charge in [0.25, 0.3) is 0 Å². The Morgan fingerprint density at radius 2 is 2.00 bits per heavy atom. The van der Waals surface area contributed by atoms with Crippen LogP contribution in [0, 0.1) is 12.7 Å². The van der Waals surface area contributed by atoms with E-state index in [-0.39, 0.29) is 16.8 Å². The van der Waals surface area contributed by atoms with Crippen LogP contribution in [-0.4, -0.2) is 10.8 Å². The molecule has 0 aliphatic carbocycles. The van der Waals surface area contributed by atoms with Gasteiger partial charge in [-0.15, -0.1) is 0 Å². The summed E-state index contributed by atoms with van der Waals surface area (Å²) in [4.78, 5) is 15.6. The maximum atomic E-state index is 13.3. The van der Waals surface area contributed by atoms with Crippen molar-refractivity contribution in [3.8, 4) is 11.1 Å². The number of halogens is 2. The number of hydrogen-bond donors (Lipinski definition) is 0. The van der Waals surface area contributed by atoms with Crippen molar-refractivity contribution in [2.45, 2.75) is 13.8 Å². The summed E-state index contributed by atoms with van der Waals surface area (Å²) >= 11 is 5.78. The van der Waals surface area contributed by atoms with Gasteiger partial charge >= 0.3 is 0 Å². The third-order valence-electron chi connectivity index (χ3n) is 2.74. The van der Waals surface area contributed by atoms with Gasteiger partial charge in [0.05, 0.1) is 0 Å². The molecule has 0 aliphatic rings. The van der Waals surface area contributed by atoms with Gasteiger partial charge in [0.2, 0.25) is 0 Å². The summed E-state index contributed by atoms with van der Waals surface area (Å²) < 4.78 is 13.3. The largest absolute Gasteiger partial charge is 0.294 e. The summed E-state index contributed by atoms with van der Waals surface area (Å²) in [6.45, 7) is 3.30. The molecular formula is C14H11ClFNO. The van der Waals surface area contributed by atoms with Crippen LogP contribution in [0.15, 0.2) is 30.5 Å². The van der Waals surface area contributed by atoms with Gasteiger partial charge in [0, 0.05) is 17.3 Å². The third-order valence-corrected chi connectivity index (χ3v) is 2.95. The predicted octanol–water partition coefficient (Wildman–Crippen LogP) is 4.05.